The number of H-pyrrole nitrogens is 1. The van der Waals surface area contributed by atoms with E-state index in [1.54, 1.807) is 0 Å². The molecule has 23 heavy (non-hydrogen) atoms. The van der Waals surface area contributed by atoms with Crippen molar-refractivity contribution in [1.29, 1.82) is 0 Å². The summed E-state index contributed by atoms with van der Waals surface area (Å²) in [6.07, 6.45) is 2.81. The van der Waals surface area contributed by atoms with Gasteiger partial charge in [0.25, 0.3) is 0 Å². The normalized spacial score (nSPS) is 12.8. The molecule has 4 nitrogen and oxygen atoms in total. The Morgan fingerprint density at radius 3 is 2.78 bits per heavy atom. The Labute approximate surface area is 143 Å². The number of rotatable bonds is 7. The molecule has 1 aromatic carbocycles. The van der Waals surface area contributed by atoms with Crippen LogP contribution in [0.2, 0.25) is 0 Å². The number of nitrogens with one attached hydrogen (secondary N) is 2. The number of benzene rings is 1. The number of hydrogen-bond donors (Lipinski definition) is 3. The lowest BCUT2D eigenvalue weighted by Crippen LogP contribution is -2.31. The fourth-order valence-corrected chi connectivity index (χ4v) is 3.25. The van der Waals surface area contributed by atoms with Gasteiger partial charge in [-0.2, -0.15) is 12.6 Å². The molecular formula is C18H27N3OS. The van der Waals surface area contributed by atoms with Gasteiger partial charge in [-0.05, 0) is 42.9 Å². The zero-order chi connectivity index (χ0) is 17.0. The van der Waals surface area contributed by atoms with E-state index in [0.717, 1.165) is 47.2 Å². The van der Waals surface area contributed by atoms with E-state index in [4.69, 9.17) is 0 Å². The van der Waals surface area contributed by atoms with Gasteiger partial charge >= 0.3 is 0 Å². The lowest BCUT2D eigenvalue weighted by Gasteiger charge is -2.13. The summed E-state index contributed by atoms with van der Waals surface area (Å²) in [5, 5.41) is 2.73. The summed E-state index contributed by atoms with van der Waals surface area (Å²) >= 11 is 4.39. The maximum atomic E-state index is 12.1. The highest BCUT2D eigenvalue weighted by Crippen LogP contribution is 2.19. The number of aromatic amines is 1. The number of aromatic nitrogens is 2. The Kier molecular flexibility index (Phi) is 6.10. The molecule has 1 amide bonds. The Hall–Kier alpha value is -1.49. The molecule has 0 unspecified atom stereocenters. The molecule has 126 valence electrons. The van der Waals surface area contributed by atoms with Crippen LogP contribution >= 0.6 is 12.6 Å². The summed E-state index contributed by atoms with van der Waals surface area (Å²) in [7, 11) is 0. The average Bonchev–Trinajstić information content (AvgIpc) is 2.87. The molecule has 0 fully saturated rings. The van der Waals surface area contributed by atoms with Crippen molar-refractivity contribution >= 4 is 29.6 Å². The number of carbonyl (C=O) groups is 1. The van der Waals surface area contributed by atoms with Crippen molar-refractivity contribution in [3.8, 4) is 0 Å². The van der Waals surface area contributed by atoms with Crippen molar-refractivity contribution in [2.45, 2.75) is 58.8 Å². The largest absolute Gasteiger partial charge is 0.351 e. The minimum atomic E-state index is -0.247. The summed E-state index contributed by atoms with van der Waals surface area (Å²) in [5.41, 5.74) is 4.28. The molecule has 5 heteroatoms. The number of carbonyl (C=O) groups excluding carboxylic acids is 1. The van der Waals surface area contributed by atoms with Crippen molar-refractivity contribution in [1.82, 2.24) is 15.3 Å². The number of amides is 1. The fourth-order valence-electron chi connectivity index (χ4n) is 2.73. The van der Waals surface area contributed by atoms with E-state index < -0.39 is 0 Å². The topological polar surface area (TPSA) is 57.8 Å². The van der Waals surface area contributed by atoms with E-state index in [1.807, 2.05) is 0 Å². The van der Waals surface area contributed by atoms with Crippen LogP contribution in [0.3, 0.4) is 0 Å². The highest BCUT2D eigenvalue weighted by molar-refractivity contribution is 7.81. The molecule has 0 bridgehead atoms. The zero-order valence-corrected chi connectivity index (χ0v) is 15.3. The second kappa shape index (κ2) is 7.86. The van der Waals surface area contributed by atoms with Gasteiger partial charge in [0.15, 0.2) is 0 Å². The van der Waals surface area contributed by atoms with Crippen LogP contribution in [-0.2, 0) is 17.8 Å². The van der Waals surface area contributed by atoms with E-state index in [-0.39, 0.29) is 11.2 Å². The van der Waals surface area contributed by atoms with Gasteiger partial charge < -0.3 is 10.3 Å². The molecule has 1 heterocycles. The van der Waals surface area contributed by atoms with Gasteiger partial charge in [-0.15, -0.1) is 0 Å². The minimum absolute atomic E-state index is 0.00364. The van der Waals surface area contributed by atoms with Gasteiger partial charge in [-0.1, -0.05) is 26.8 Å². The summed E-state index contributed by atoms with van der Waals surface area (Å²) in [6, 6.07) is 4.17. The molecule has 0 saturated heterocycles. The van der Waals surface area contributed by atoms with Crippen LogP contribution in [0.25, 0.3) is 11.0 Å². The summed E-state index contributed by atoms with van der Waals surface area (Å²) in [6.45, 7) is 8.92. The molecule has 0 saturated carbocycles. The summed E-state index contributed by atoms with van der Waals surface area (Å²) < 4.78 is 0. The Bertz CT molecular complexity index is 678. The van der Waals surface area contributed by atoms with Crippen molar-refractivity contribution in [3.63, 3.8) is 0 Å². The molecular weight excluding hydrogens is 306 g/mol. The smallest absolute Gasteiger partial charge is 0.233 e. The van der Waals surface area contributed by atoms with Crippen LogP contribution in [0.4, 0.5) is 0 Å². The molecule has 2 rings (SSSR count). The van der Waals surface area contributed by atoms with Crippen molar-refractivity contribution in [2.75, 3.05) is 0 Å². The molecule has 2 aromatic rings. The molecule has 1 aromatic heterocycles. The Morgan fingerprint density at radius 2 is 2.13 bits per heavy atom. The average molecular weight is 334 g/mol. The lowest BCUT2D eigenvalue weighted by atomic mass is 10.1. The van der Waals surface area contributed by atoms with Crippen LogP contribution in [0.15, 0.2) is 12.1 Å². The first-order valence-electron chi connectivity index (χ1n) is 8.34. The third kappa shape index (κ3) is 4.74. The quantitative estimate of drug-likeness (QED) is 0.675. The van der Waals surface area contributed by atoms with Crippen LogP contribution < -0.4 is 5.32 Å². The fraction of sp³-hybridized carbons (Fsp3) is 0.556. The first-order valence-corrected chi connectivity index (χ1v) is 8.86. The number of hydrogen-bond acceptors (Lipinski definition) is 3. The predicted molar refractivity (Wildman–Crippen MR) is 98.9 cm³/mol. The third-order valence-electron chi connectivity index (χ3n) is 3.84. The predicted octanol–water partition coefficient (Wildman–Crippen LogP) is 3.78. The third-order valence-corrected chi connectivity index (χ3v) is 4.28. The van der Waals surface area contributed by atoms with Gasteiger partial charge in [0.2, 0.25) is 5.91 Å². The SMILES string of the molecule is CCCc1nc2c(C)cc(CNC(=O)[C@@H](S)CC(C)C)cc2[nH]1. The first-order chi connectivity index (χ1) is 10.9. The van der Waals surface area contributed by atoms with Crippen molar-refractivity contribution < 1.29 is 4.79 Å². The Morgan fingerprint density at radius 1 is 1.39 bits per heavy atom. The van der Waals surface area contributed by atoms with Crippen molar-refractivity contribution in [2.24, 2.45) is 5.92 Å². The number of aryl methyl sites for hydroxylation is 2. The van der Waals surface area contributed by atoms with Gasteiger partial charge in [0.1, 0.15) is 5.82 Å². The number of imidazole rings is 1. The van der Waals surface area contributed by atoms with E-state index in [2.05, 4.69) is 67.7 Å². The van der Waals surface area contributed by atoms with Gasteiger partial charge in [-0.25, -0.2) is 4.98 Å². The molecule has 0 spiro atoms. The van der Waals surface area contributed by atoms with Crippen LogP contribution in [0, 0.1) is 12.8 Å². The summed E-state index contributed by atoms with van der Waals surface area (Å²) in [4.78, 5) is 20.1. The second-order valence-corrected chi connectivity index (χ2v) is 7.23. The molecule has 0 aliphatic carbocycles. The molecule has 0 radical (unpaired) electrons. The second-order valence-electron chi connectivity index (χ2n) is 6.61. The molecule has 1 atom stereocenters. The highest BCUT2D eigenvalue weighted by atomic mass is 32.1. The van der Waals surface area contributed by atoms with Crippen LogP contribution in [0.5, 0.6) is 0 Å². The maximum Gasteiger partial charge on any atom is 0.233 e. The summed E-state index contributed by atoms with van der Waals surface area (Å²) in [5.74, 6) is 1.49. The number of thiol groups is 1. The van der Waals surface area contributed by atoms with Crippen LogP contribution in [0.1, 0.15) is 50.6 Å². The van der Waals surface area contributed by atoms with E-state index in [9.17, 15) is 4.79 Å². The van der Waals surface area contributed by atoms with Crippen LogP contribution in [-0.4, -0.2) is 21.1 Å². The minimum Gasteiger partial charge on any atom is -0.351 e. The maximum absolute atomic E-state index is 12.1. The Balaban J connectivity index is 2.07. The van der Waals surface area contributed by atoms with E-state index >= 15 is 0 Å². The standard InChI is InChI=1S/C18H27N3OS/c1-5-6-16-20-14-9-13(8-12(4)17(14)21-16)10-19-18(22)15(23)7-11(2)3/h8-9,11,15,23H,5-7,10H2,1-4H3,(H,19,22)(H,20,21)/t15-/m0/s1. The monoisotopic (exact) mass is 333 g/mol. The lowest BCUT2D eigenvalue weighted by molar-refractivity contribution is -0.120. The number of nitrogens with zero attached hydrogens (tertiary/aromatic N) is 1. The first kappa shape index (κ1) is 17.9. The number of fused-ring (bicyclic) bond motifs is 1. The molecule has 0 aliphatic rings. The highest BCUT2D eigenvalue weighted by Gasteiger charge is 2.15. The molecule has 0 aliphatic heterocycles. The zero-order valence-electron chi connectivity index (χ0n) is 14.4. The van der Waals surface area contributed by atoms with Gasteiger partial charge in [0, 0.05) is 13.0 Å². The van der Waals surface area contributed by atoms with E-state index in [0.29, 0.717) is 12.5 Å². The van der Waals surface area contributed by atoms with Crippen molar-refractivity contribution in [3.05, 3.63) is 29.1 Å². The van der Waals surface area contributed by atoms with Gasteiger partial charge in [0.05, 0.1) is 16.3 Å². The van der Waals surface area contributed by atoms with E-state index in [1.165, 1.54) is 0 Å². The van der Waals surface area contributed by atoms with Gasteiger partial charge in [-0.3, -0.25) is 4.79 Å². The molecule has 2 N–H and O–H groups in total.